The average molecular weight is 402 g/mol. The molecule has 0 aliphatic carbocycles. The number of hydrogen-bond acceptors (Lipinski definition) is 9. The van der Waals surface area contributed by atoms with E-state index in [0.29, 0.717) is 83.1 Å². The largest absolute Gasteiger partial charge is 0.491 e. The Hall–Kier alpha value is -1.75. The molecule has 0 unspecified atom stereocenters. The van der Waals surface area contributed by atoms with Gasteiger partial charge in [0.25, 0.3) is 0 Å². The molecule has 0 saturated carbocycles. The van der Waals surface area contributed by atoms with Gasteiger partial charge in [-0.3, -0.25) is 4.79 Å². The van der Waals surface area contributed by atoms with Crippen LogP contribution in [0.2, 0.25) is 0 Å². The molecule has 160 valence electrons. The number of carbonyl (C=O) groups excluding carboxylic acids is 1. The van der Waals surface area contributed by atoms with Crippen molar-refractivity contribution in [2.45, 2.75) is 0 Å². The summed E-state index contributed by atoms with van der Waals surface area (Å²) in [6.07, 6.45) is 0.726. The zero-order valence-corrected chi connectivity index (χ0v) is 16.0. The maximum atomic E-state index is 11.1. The molecule has 0 amide bonds. The Kier molecular flexibility index (Phi) is 15.1. The van der Waals surface area contributed by atoms with Crippen LogP contribution in [0, 0.1) is 0 Å². The van der Waals surface area contributed by atoms with E-state index in [1.807, 2.05) is 0 Å². The first-order valence-corrected chi connectivity index (χ1v) is 9.18. The van der Waals surface area contributed by atoms with E-state index in [1.54, 1.807) is 18.2 Å². The standard InChI is InChI=1S/C19H30O9/c20-1-3-23-5-7-25-9-11-27-18-13-17(16-22)14-19(15-18)28-12-10-26-8-6-24-4-2-21/h13-16,20-21H,1-12H2. The molecule has 0 aromatic heterocycles. The van der Waals surface area contributed by atoms with Crippen LogP contribution in [0.1, 0.15) is 10.4 Å². The minimum Gasteiger partial charge on any atom is -0.491 e. The number of benzene rings is 1. The molecule has 1 rings (SSSR count). The molecule has 0 aliphatic rings. The van der Waals surface area contributed by atoms with E-state index in [0.717, 1.165) is 6.29 Å². The van der Waals surface area contributed by atoms with Gasteiger partial charge in [-0.05, 0) is 12.1 Å². The van der Waals surface area contributed by atoms with Crippen molar-refractivity contribution in [3.63, 3.8) is 0 Å². The molecule has 0 radical (unpaired) electrons. The monoisotopic (exact) mass is 402 g/mol. The molecule has 1 aromatic carbocycles. The highest BCUT2D eigenvalue weighted by Crippen LogP contribution is 2.22. The molecular formula is C19H30O9. The van der Waals surface area contributed by atoms with Crippen molar-refractivity contribution in [1.29, 1.82) is 0 Å². The van der Waals surface area contributed by atoms with Crippen molar-refractivity contribution >= 4 is 6.29 Å². The molecule has 0 atom stereocenters. The van der Waals surface area contributed by atoms with Gasteiger partial charge in [0.05, 0.1) is 66.1 Å². The van der Waals surface area contributed by atoms with Crippen LogP contribution in [-0.4, -0.2) is 95.8 Å². The normalized spacial score (nSPS) is 10.8. The lowest BCUT2D eigenvalue weighted by Gasteiger charge is -2.11. The summed E-state index contributed by atoms with van der Waals surface area (Å²) < 4.78 is 32.0. The Morgan fingerprint density at radius 2 is 1.00 bits per heavy atom. The van der Waals surface area contributed by atoms with E-state index in [1.165, 1.54) is 0 Å². The Morgan fingerprint density at radius 3 is 1.39 bits per heavy atom. The Labute approximate surface area is 165 Å². The van der Waals surface area contributed by atoms with E-state index in [-0.39, 0.29) is 13.2 Å². The number of aldehydes is 1. The van der Waals surface area contributed by atoms with Crippen molar-refractivity contribution in [2.75, 3.05) is 79.3 Å². The van der Waals surface area contributed by atoms with Crippen LogP contribution in [0.5, 0.6) is 11.5 Å². The van der Waals surface area contributed by atoms with Crippen molar-refractivity contribution in [1.82, 2.24) is 0 Å². The minimum absolute atomic E-state index is 0.00818. The van der Waals surface area contributed by atoms with Gasteiger partial charge < -0.3 is 38.6 Å². The number of aliphatic hydroxyl groups is 2. The van der Waals surface area contributed by atoms with E-state index in [2.05, 4.69) is 0 Å². The summed E-state index contributed by atoms with van der Waals surface area (Å²) in [5.41, 5.74) is 0.448. The van der Waals surface area contributed by atoms with Crippen LogP contribution in [0.3, 0.4) is 0 Å². The third kappa shape index (κ3) is 12.6. The zero-order chi connectivity index (χ0) is 20.3. The lowest BCUT2D eigenvalue weighted by atomic mass is 10.2. The quantitative estimate of drug-likeness (QED) is 0.249. The lowest BCUT2D eigenvalue weighted by Crippen LogP contribution is -2.12. The fraction of sp³-hybridized carbons (Fsp3) is 0.632. The molecule has 0 bridgehead atoms. The van der Waals surface area contributed by atoms with Crippen LogP contribution in [0.4, 0.5) is 0 Å². The summed E-state index contributed by atoms with van der Waals surface area (Å²) in [5.74, 6) is 1.02. The Balaban J connectivity index is 2.23. The number of aliphatic hydroxyl groups excluding tert-OH is 2. The van der Waals surface area contributed by atoms with Gasteiger partial charge in [-0.25, -0.2) is 0 Å². The number of carbonyl (C=O) groups is 1. The van der Waals surface area contributed by atoms with E-state index >= 15 is 0 Å². The number of hydrogen-bond donors (Lipinski definition) is 2. The molecule has 1 aromatic rings. The highest BCUT2D eigenvalue weighted by Gasteiger charge is 2.04. The third-order valence-corrected chi connectivity index (χ3v) is 3.25. The fourth-order valence-corrected chi connectivity index (χ4v) is 2.04. The van der Waals surface area contributed by atoms with Crippen molar-refractivity contribution in [3.05, 3.63) is 23.8 Å². The maximum Gasteiger partial charge on any atom is 0.150 e. The topological polar surface area (TPSA) is 113 Å². The summed E-state index contributed by atoms with van der Waals surface area (Å²) in [6.45, 7) is 3.60. The predicted octanol–water partition coefficient (Wildman–Crippen LogP) is 0.308. The van der Waals surface area contributed by atoms with E-state index in [9.17, 15) is 4.79 Å². The van der Waals surface area contributed by atoms with Crippen LogP contribution < -0.4 is 9.47 Å². The summed E-state index contributed by atoms with van der Waals surface area (Å²) in [5, 5.41) is 17.2. The summed E-state index contributed by atoms with van der Waals surface area (Å²) in [7, 11) is 0. The van der Waals surface area contributed by atoms with E-state index < -0.39 is 0 Å². The molecule has 9 nitrogen and oxygen atoms in total. The van der Waals surface area contributed by atoms with Gasteiger partial charge in [0, 0.05) is 11.6 Å². The zero-order valence-electron chi connectivity index (χ0n) is 16.0. The molecule has 9 heteroatoms. The molecule has 0 fully saturated rings. The van der Waals surface area contributed by atoms with Crippen LogP contribution in [0.15, 0.2) is 18.2 Å². The second kappa shape index (κ2) is 17.4. The van der Waals surface area contributed by atoms with Crippen LogP contribution in [0.25, 0.3) is 0 Å². The molecule has 0 aliphatic heterocycles. The summed E-state index contributed by atoms with van der Waals surface area (Å²) >= 11 is 0. The molecule has 2 N–H and O–H groups in total. The van der Waals surface area contributed by atoms with E-state index in [4.69, 9.17) is 38.6 Å². The van der Waals surface area contributed by atoms with Crippen LogP contribution >= 0.6 is 0 Å². The van der Waals surface area contributed by atoms with Crippen molar-refractivity contribution in [3.8, 4) is 11.5 Å². The second-order valence-electron chi connectivity index (χ2n) is 5.45. The fourth-order valence-electron chi connectivity index (χ4n) is 2.04. The van der Waals surface area contributed by atoms with Gasteiger partial charge in [-0.1, -0.05) is 0 Å². The summed E-state index contributed by atoms with van der Waals surface area (Å²) in [6, 6.07) is 4.94. The van der Waals surface area contributed by atoms with Gasteiger partial charge in [-0.2, -0.15) is 0 Å². The summed E-state index contributed by atoms with van der Waals surface area (Å²) in [4.78, 5) is 11.1. The molecule has 0 heterocycles. The number of rotatable bonds is 19. The van der Waals surface area contributed by atoms with Crippen LogP contribution in [-0.2, 0) is 18.9 Å². The minimum atomic E-state index is -0.00818. The first kappa shape index (κ1) is 24.3. The van der Waals surface area contributed by atoms with Gasteiger partial charge in [0.2, 0.25) is 0 Å². The van der Waals surface area contributed by atoms with Crippen molar-refractivity contribution < 1.29 is 43.4 Å². The Morgan fingerprint density at radius 1 is 0.607 bits per heavy atom. The number of ether oxygens (including phenoxy) is 6. The van der Waals surface area contributed by atoms with Gasteiger partial charge in [0.1, 0.15) is 31.0 Å². The smallest absolute Gasteiger partial charge is 0.150 e. The molecule has 28 heavy (non-hydrogen) atoms. The highest BCUT2D eigenvalue weighted by molar-refractivity contribution is 5.76. The molecular weight excluding hydrogens is 372 g/mol. The molecule has 0 spiro atoms. The average Bonchev–Trinajstić information content (AvgIpc) is 2.71. The lowest BCUT2D eigenvalue weighted by molar-refractivity contribution is 0.0241. The van der Waals surface area contributed by atoms with Gasteiger partial charge >= 0.3 is 0 Å². The van der Waals surface area contributed by atoms with Gasteiger partial charge in [0.15, 0.2) is 0 Å². The SMILES string of the molecule is O=Cc1cc(OCCOCCOCCO)cc(OCCOCCOCCO)c1. The third-order valence-electron chi connectivity index (χ3n) is 3.25. The highest BCUT2D eigenvalue weighted by atomic mass is 16.6. The first-order valence-electron chi connectivity index (χ1n) is 9.18. The first-order chi connectivity index (χ1) is 13.8. The Bertz CT molecular complexity index is 472. The maximum absolute atomic E-state index is 11.1. The molecule has 0 saturated heterocycles. The second-order valence-corrected chi connectivity index (χ2v) is 5.45. The van der Waals surface area contributed by atoms with Gasteiger partial charge in [-0.15, -0.1) is 0 Å². The predicted molar refractivity (Wildman–Crippen MR) is 100 cm³/mol. The van der Waals surface area contributed by atoms with Crippen molar-refractivity contribution in [2.24, 2.45) is 0 Å².